The van der Waals surface area contributed by atoms with Gasteiger partial charge in [0, 0.05) is 17.9 Å². The average molecular weight is 579 g/mol. The highest BCUT2D eigenvalue weighted by Gasteiger charge is 2.47. The minimum absolute atomic E-state index is 0.0245. The molecule has 1 heterocycles. The number of hydrogen-bond donors (Lipinski definition) is 0. The fourth-order valence-electron chi connectivity index (χ4n) is 6.27. The molecule has 1 aliphatic heterocycles. The van der Waals surface area contributed by atoms with Crippen molar-refractivity contribution in [1.29, 1.82) is 0 Å². The van der Waals surface area contributed by atoms with E-state index in [2.05, 4.69) is 11.8 Å². The molecule has 3 aromatic carbocycles. The zero-order chi connectivity index (χ0) is 30.9. The van der Waals surface area contributed by atoms with Crippen molar-refractivity contribution in [3.63, 3.8) is 0 Å². The van der Waals surface area contributed by atoms with Gasteiger partial charge in [-0.05, 0) is 63.8 Å². The van der Waals surface area contributed by atoms with Crippen molar-refractivity contribution < 1.29 is 27.0 Å². The van der Waals surface area contributed by atoms with Crippen molar-refractivity contribution in [2.75, 3.05) is 36.2 Å². The van der Waals surface area contributed by atoms with Crippen molar-refractivity contribution in [3.05, 3.63) is 86.5 Å². The van der Waals surface area contributed by atoms with Gasteiger partial charge in [-0.2, -0.15) is 8.78 Å². The van der Waals surface area contributed by atoms with Gasteiger partial charge < -0.3 is 19.3 Å². The quantitative estimate of drug-likeness (QED) is 0.123. The van der Waals surface area contributed by atoms with Crippen molar-refractivity contribution in [2.24, 2.45) is 0 Å². The molecule has 1 aliphatic rings. The van der Waals surface area contributed by atoms with E-state index in [0.717, 1.165) is 33.4 Å². The fraction of sp³-hybridized carbons (Fsp3) is 0.353. The lowest BCUT2D eigenvalue weighted by Crippen LogP contribution is -2.39. The number of anilines is 2. The van der Waals surface area contributed by atoms with E-state index in [1.165, 1.54) is 0 Å². The molecule has 220 valence electrons. The highest BCUT2D eigenvalue weighted by Crippen LogP contribution is 2.48. The molecule has 8 heteroatoms. The number of benzene rings is 3. The maximum atomic E-state index is 16.1. The van der Waals surface area contributed by atoms with Gasteiger partial charge in [0.05, 0.1) is 18.2 Å². The molecule has 1 fully saturated rings. The molecule has 0 N–H and O–H groups in total. The molecule has 0 saturated carbocycles. The third-order valence-corrected chi connectivity index (χ3v) is 7.49. The van der Waals surface area contributed by atoms with Gasteiger partial charge in [-0.1, -0.05) is 47.2 Å². The standard InChI is InChI=1S/C34H34F4N2O2/c1-9-11-41-18-25-17-39(31-21(5)13-19(3)14-22(31)6)34(40(25)32-23(7)15-20(4)16-24(32)8)26-27(35)29(37)33(42-12-10-2)30(38)28(26)36/h1-2,13-16,25,34H,11-12,17-18H2,3-8H3/t25-,34-/m1/s1. The lowest BCUT2D eigenvalue weighted by molar-refractivity contribution is 0.154. The van der Waals surface area contributed by atoms with Crippen LogP contribution in [0, 0.1) is 89.5 Å². The lowest BCUT2D eigenvalue weighted by Gasteiger charge is -2.38. The number of terminal acetylenes is 2. The van der Waals surface area contributed by atoms with E-state index in [-0.39, 0.29) is 19.8 Å². The Balaban J connectivity index is 2.07. The summed E-state index contributed by atoms with van der Waals surface area (Å²) in [5.74, 6) is -3.12. The third kappa shape index (κ3) is 5.52. The van der Waals surface area contributed by atoms with Crippen LogP contribution < -0.4 is 14.5 Å². The van der Waals surface area contributed by atoms with Crippen LogP contribution in [0.25, 0.3) is 0 Å². The van der Waals surface area contributed by atoms with Crippen LogP contribution in [0.2, 0.25) is 0 Å². The van der Waals surface area contributed by atoms with Crippen LogP contribution in [0.4, 0.5) is 28.9 Å². The van der Waals surface area contributed by atoms with E-state index < -0.39 is 53.4 Å². The number of rotatable bonds is 8. The first-order valence-electron chi connectivity index (χ1n) is 13.6. The van der Waals surface area contributed by atoms with Crippen molar-refractivity contribution in [1.82, 2.24) is 0 Å². The van der Waals surface area contributed by atoms with E-state index >= 15 is 17.6 Å². The van der Waals surface area contributed by atoms with Crippen LogP contribution in [-0.4, -0.2) is 32.4 Å². The Kier molecular flexibility index (Phi) is 9.09. The molecule has 0 bridgehead atoms. The molecule has 4 nitrogen and oxygen atoms in total. The maximum absolute atomic E-state index is 16.1. The van der Waals surface area contributed by atoms with E-state index in [1.54, 1.807) is 9.80 Å². The molecule has 0 amide bonds. The van der Waals surface area contributed by atoms with Crippen molar-refractivity contribution in [2.45, 2.75) is 53.8 Å². The molecule has 4 rings (SSSR count). The molecule has 2 atom stereocenters. The number of nitrogens with zero attached hydrogens (tertiary/aromatic N) is 2. The minimum Gasteiger partial charge on any atom is -0.475 e. The predicted octanol–water partition coefficient (Wildman–Crippen LogP) is 7.15. The molecule has 0 unspecified atom stereocenters. The summed E-state index contributed by atoms with van der Waals surface area (Å²) in [6.07, 6.45) is 9.28. The molecule has 1 saturated heterocycles. The average Bonchev–Trinajstić information content (AvgIpc) is 3.24. The molecule has 42 heavy (non-hydrogen) atoms. The predicted molar refractivity (Wildman–Crippen MR) is 158 cm³/mol. The second-order valence-electron chi connectivity index (χ2n) is 10.8. The Morgan fingerprint density at radius 1 is 0.738 bits per heavy atom. The molecule has 3 aromatic rings. The summed E-state index contributed by atoms with van der Waals surface area (Å²) in [4.78, 5) is 3.58. The number of hydrogen-bond acceptors (Lipinski definition) is 4. The summed E-state index contributed by atoms with van der Waals surface area (Å²) in [7, 11) is 0. The van der Waals surface area contributed by atoms with Gasteiger partial charge in [0.25, 0.3) is 0 Å². The summed E-state index contributed by atoms with van der Waals surface area (Å²) >= 11 is 0. The molecule has 0 aromatic heterocycles. The monoisotopic (exact) mass is 578 g/mol. The van der Waals surface area contributed by atoms with Gasteiger partial charge in [-0.15, -0.1) is 12.8 Å². The van der Waals surface area contributed by atoms with Gasteiger partial charge in [-0.25, -0.2) is 8.78 Å². The molecular weight excluding hydrogens is 544 g/mol. The van der Waals surface area contributed by atoms with Crippen LogP contribution in [0.1, 0.15) is 45.1 Å². The number of aryl methyl sites for hydroxylation is 6. The maximum Gasteiger partial charge on any atom is 0.204 e. The van der Waals surface area contributed by atoms with E-state index in [1.807, 2.05) is 65.8 Å². The summed E-state index contributed by atoms with van der Waals surface area (Å²) in [5.41, 5.74) is 5.94. The summed E-state index contributed by atoms with van der Waals surface area (Å²) in [6.45, 7) is 11.3. The first-order chi connectivity index (χ1) is 19.9. The third-order valence-electron chi connectivity index (χ3n) is 7.49. The van der Waals surface area contributed by atoms with Gasteiger partial charge in [0.15, 0.2) is 17.4 Å². The van der Waals surface area contributed by atoms with Crippen molar-refractivity contribution >= 4 is 11.4 Å². The van der Waals surface area contributed by atoms with Crippen LogP contribution in [0.5, 0.6) is 5.75 Å². The Morgan fingerprint density at radius 2 is 1.21 bits per heavy atom. The number of halogens is 4. The Morgan fingerprint density at radius 3 is 1.69 bits per heavy atom. The Hall–Kier alpha value is -4.14. The highest BCUT2D eigenvalue weighted by molar-refractivity contribution is 5.70. The normalized spacial score (nSPS) is 16.5. The lowest BCUT2D eigenvalue weighted by atomic mass is 10.00. The molecule has 0 radical (unpaired) electrons. The topological polar surface area (TPSA) is 24.9 Å². The van der Waals surface area contributed by atoms with E-state index in [0.29, 0.717) is 11.4 Å². The van der Waals surface area contributed by atoms with Gasteiger partial charge in [0.1, 0.15) is 19.4 Å². The number of ether oxygens (including phenoxy) is 2. The Bertz CT molecular complexity index is 1530. The van der Waals surface area contributed by atoms with Gasteiger partial charge in [0.2, 0.25) is 11.6 Å². The summed E-state index contributed by atoms with van der Waals surface area (Å²) < 4.78 is 73.7. The van der Waals surface area contributed by atoms with Crippen molar-refractivity contribution in [3.8, 4) is 30.4 Å². The van der Waals surface area contributed by atoms with Crippen LogP contribution in [-0.2, 0) is 4.74 Å². The SMILES string of the molecule is C#CCOC[C@H]1CN(c2c(C)cc(C)cc2C)[C@@H](c2c(F)c(F)c(OCC#C)c(F)c2F)N1c1c(C)cc(C)cc1C. The second-order valence-corrected chi connectivity index (χ2v) is 10.8. The first-order valence-corrected chi connectivity index (χ1v) is 13.6. The Labute approximate surface area is 245 Å². The molecular formula is C34H34F4N2O2. The minimum atomic E-state index is -1.65. The van der Waals surface area contributed by atoms with Crippen LogP contribution >= 0.6 is 0 Å². The largest absolute Gasteiger partial charge is 0.475 e. The van der Waals surface area contributed by atoms with E-state index in [4.69, 9.17) is 22.3 Å². The van der Waals surface area contributed by atoms with Crippen LogP contribution in [0.15, 0.2) is 24.3 Å². The zero-order valence-corrected chi connectivity index (χ0v) is 24.7. The van der Waals surface area contributed by atoms with Crippen LogP contribution in [0.3, 0.4) is 0 Å². The smallest absolute Gasteiger partial charge is 0.204 e. The van der Waals surface area contributed by atoms with Gasteiger partial charge >= 0.3 is 0 Å². The molecule has 0 aliphatic carbocycles. The van der Waals surface area contributed by atoms with E-state index in [9.17, 15) is 0 Å². The fourth-order valence-corrected chi connectivity index (χ4v) is 6.27. The summed E-state index contributed by atoms with van der Waals surface area (Å²) in [5, 5.41) is 0. The summed E-state index contributed by atoms with van der Waals surface area (Å²) in [6, 6.07) is 7.33. The zero-order valence-electron chi connectivity index (χ0n) is 24.7. The first kappa shape index (κ1) is 30.8. The highest BCUT2D eigenvalue weighted by atomic mass is 19.2. The second kappa shape index (κ2) is 12.4. The molecule has 0 spiro atoms. The van der Waals surface area contributed by atoms with Gasteiger partial charge in [-0.3, -0.25) is 0 Å².